The third-order valence-electron chi connectivity index (χ3n) is 4.61. The molecule has 0 unspecified atom stereocenters. The van der Waals surface area contributed by atoms with Gasteiger partial charge in [-0.1, -0.05) is 12.1 Å². The molecule has 3 aromatic rings. The number of hydrogen-bond acceptors (Lipinski definition) is 4. The first-order valence-electron chi connectivity index (χ1n) is 8.30. The molecule has 122 valence electrons. The summed E-state index contributed by atoms with van der Waals surface area (Å²) in [4.78, 5) is 7.06. The monoisotopic (exact) mass is 320 g/mol. The van der Waals surface area contributed by atoms with E-state index in [2.05, 4.69) is 41.4 Å². The number of fused-ring (bicyclic) bond motifs is 3. The van der Waals surface area contributed by atoms with Crippen LogP contribution in [0.4, 0.5) is 5.82 Å². The largest absolute Gasteiger partial charge is 0.372 e. The highest BCUT2D eigenvalue weighted by molar-refractivity contribution is 5.85. The predicted molar refractivity (Wildman–Crippen MR) is 94.4 cm³/mol. The van der Waals surface area contributed by atoms with E-state index in [1.807, 2.05) is 25.1 Å². The maximum Gasteiger partial charge on any atom is 0.157 e. The molecule has 1 fully saturated rings. The Labute approximate surface area is 141 Å². The van der Waals surface area contributed by atoms with E-state index >= 15 is 0 Å². The molecule has 2 aromatic heterocycles. The number of ether oxygens (including phenoxy) is 1. The maximum atomic E-state index is 9.59. The molecule has 5 heteroatoms. The molecule has 0 aliphatic carbocycles. The van der Waals surface area contributed by atoms with Crippen LogP contribution in [-0.2, 0) is 4.74 Å². The SMILES string of the molecule is Cc1cc(N2C[C@H](C)O[C@@H](C)C2)n2c(nc3ccccc32)c1C#N. The molecule has 24 heavy (non-hydrogen) atoms. The number of rotatable bonds is 1. The van der Waals surface area contributed by atoms with Crippen molar-refractivity contribution in [2.75, 3.05) is 18.0 Å². The van der Waals surface area contributed by atoms with Gasteiger partial charge >= 0.3 is 0 Å². The number of imidazole rings is 1. The zero-order valence-electron chi connectivity index (χ0n) is 14.2. The molecule has 1 saturated heterocycles. The van der Waals surface area contributed by atoms with Crippen LogP contribution in [0.5, 0.6) is 0 Å². The highest BCUT2D eigenvalue weighted by atomic mass is 16.5. The minimum atomic E-state index is 0.175. The van der Waals surface area contributed by atoms with Gasteiger partial charge in [0, 0.05) is 13.1 Å². The molecular weight excluding hydrogens is 300 g/mol. The van der Waals surface area contributed by atoms with Crippen LogP contribution in [0.2, 0.25) is 0 Å². The normalized spacial score (nSPS) is 21.3. The highest BCUT2D eigenvalue weighted by Crippen LogP contribution is 2.30. The van der Waals surface area contributed by atoms with E-state index in [-0.39, 0.29) is 12.2 Å². The van der Waals surface area contributed by atoms with Crippen molar-refractivity contribution in [3.05, 3.63) is 41.5 Å². The van der Waals surface area contributed by atoms with Crippen molar-refractivity contribution < 1.29 is 4.74 Å². The van der Waals surface area contributed by atoms with Crippen molar-refractivity contribution in [1.82, 2.24) is 9.38 Å². The second kappa shape index (κ2) is 5.50. The Morgan fingerprint density at radius 1 is 1.21 bits per heavy atom. The topological polar surface area (TPSA) is 53.6 Å². The van der Waals surface area contributed by atoms with Crippen LogP contribution in [0.1, 0.15) is 25.0 Å². The molecule has 2 atom stereocenters. The third-order valence-corrected chi connectivity index (χ3v) is 4.61. The molecule has 0 spiro atoms. The minimum absolute atomic E-state index is 0.175. The predicted octanol–water partition coefficient (Wildman–Crippen LogP) is 3.28. The van der Waals surface area contributed by atoms with Crippen molar-refractivity contribution in [3.8, 4) is 6.07 Å². The number of aryl methyl sites for hydroxylation is 1. The van der Waals surface area contributed by atoms with E-state index in [4.69, 9.17) is 9.72 Å². The standard InChI is InChI=1S/C19H20N4O/c1-12-8-18(22-10-13(2)24-14(3)11-22)23-17-7-5-4-6-16(17)21-19(23)15(12)9-20/h4-8,13-14H,10-11H2,1-3H3/t13-,14-/m0/s1. The third kappa shape index (κ3) is 2.22. The van der Waals surface area contributed by atoms with Crippen LogP contribution in [0, 0.1) is 18.3 Å². The van der Waals surface area contributed by atoms with Crippen LogP contribution in [0.15, 0.2) is 30.3 Å². The van der Waals surface area contributed by atoms with Gasteiger partial charge in [0.2, 0.25) is 0 Å². The average Bonchev–Trinajstić information content (AvgIpc) is 2.92. The number of hydrogen-bond donors (Lipinski definition) is 0. The highest BCUT2D eigenvalue weighted by Gasteiger charge is 2.26. The van der Waals surface area contributed by atoms with E-state index in [1.165, 1.54) is 0 Å². The van der Waals surface area contributed by atoms with Gasteiger partial charge in [0.05, 0.1) is 28.8 Å². The lowest BCUT2D eigenvalue weighted by atomic mass is 10.1. The molecule has 0 radical (unpaired) electrons. The first-order chi connectivity index (χ1) is 11.6. The van der Waals surface area contributed by atoms with Gasteiger partial charge < -0.3 is 9.64 Å². The lowest BCUT2D eigenvalue weighted by molar-refractivity contribution is -0.00550. The van der Waals surface area contributed by atoms with Crippen LogP contribution < -0.4 is 4.90 Å². The summed E-state index contributed by atoms with van der Waals surface area (Å²) < 4.78 is 7.99. The van der Waals surface area contributed by atoms with Gasteiger partial charge in [-0.3, -0.25) is 4.40 Å². The molecule has 0 amide bonds. The van der Waals surface area contributed by atoms with E-state index in [0.717, 1.165) is 41.2 Å². The number of nitrogens with zero attached hydrogens (tertiary/aromatic N) is 4. The summed E-state index contributed by atoms with van der Waals surface area (Å²) in [5.41, 5.74) is 4.29. The Kier molecular flexibility index (Phi) is 3.43. The molecule has 0 saturated carbocycles. The molecule has 1 aliphatic rings. The van der Waals surface area contributed by atoms with Gasteiger partial charge in [-0.25, -0.2) is 4.98 Å². The van der Waals surface area contributed by atoms with Gasteiger partial charge in [-0.15, -0.1) is 0 Å². The van der Waals surface area contributed by atoms with Gasteiger partial charge in [-0.2, -0.15) is 5.26 Å². The molecule has 5 nitrogen and oxygen atoms in total. The van der Waals surface area contributed by atoms with Crippen LogP contribution in [0.3, 0.4) is 0 Å². The lowest BCUT2D eigenvalue weighted by Gasteiger charge is -2.37. The van der Waals surface area contributed by atoms with Gasteiger partial charge in [0.15, 0.2) is 5.65 Å². The molecule has 1 aromatic carbocycles. The van der Waals surface area contributed by atoms with Crippen molar-refractivity contribution >= 4 is 22.5 Å². The summed E-state index contributed by atoms with van der Waals surface area (Å²) in [6.45, 7) is 7.84. The Hall–Kier alpha value is -2.58. The van der Waals surface area contributed by atoms with E-state index in [0.29, 0.717) is 5.56 Å². The van der Waals surface area contributed by atoms with Crippen LogP contribution in [0.25, 0.3) is 16.7 Å². The van der Waals surface area contributed by atoms with Crippen molar-refractivity contribution in [1.29, 1.82) is 5.26 Å². The fourth-order valence-corrected chi connectivity index (χ4v) is 3.67. The molecule has 3 heterocycles. The van der Waals surface area contributed by atoms with E-state index in [1.54, 1.807) is 0 Å². The molecule has 1 aliphatic heterocycles. The van der Waals surface area contributed by atoms with Crippen molar-refractivity contribution in [3.63, 3.8) is 0 Å². The smallest absolute Gasteiger partial charge is 0.157 e. The fraction of sp³-hybridized carbons (Fsp3) is 0.368. The van der Waals surface area contributed by atoms with Crippen molar-refractivity contribution in [2.45, 2.75) is 33.0 Å². The summed E-state index contributed by atoms with van der Waals surface area (Å²) in [6.07, 6.45) is 0.351. The summed E-state index contributed by atoms with van der Waals surface area (Å²) in [5.74, 6) is 1.08. The lowest BCUT2D eigenvalue weighted by Crippen LogP contribution is -2.46. The molecular formula is C19H20N4O. The van der Waals surface area contributed by atoms with Crippen LogP contribution >= 0.6 is 0 Å². The zero-order valence-corrected chi connectivity index (χ0v) is 14.2. The van der Waals surface area contributed by atoms with E-state index < -0.39 is 0 Å². The van der Waals surface area contributed by atoms with Crippen molar-refractivity contribution in [2.24, 2.45) is 0 Å². The number of morpholine rings is 1. The Bertz CT molecular complexity index is 959. The second-order valence-electron chi connectivity index (χ2n) is 6.59. The summed E-state index contributed by atoms with van der Waals surface area (Å²) in [7, 11) is 0. The van der Waals surface area contributed by atoms with Gasteiger partial charge in [0.1, 0.15) is 11.9 Å². The maximum absolute atomic E-state index is 9.59. The quantitative estimate of drug-likeness (QED) is 0.690. The number of benzene rings is 1. The Morgan fingerprint density at radius 2 is 1.92 bits per heavy atom. The number of anilines is 1. The first kappa shape index (κ1) is 15.0. The van der Waals surface area contributed by atoms with E-state index in [9.17, 15) is 5.26 Å². The fourth-order valence-electron chi connectivity index (χ4n) is 3.67. The molecule has 4 rings (SSSR count). The second-order valence-corrected chi connectivity index (χ2v) is 6.59. The summed E-state index contributed by atoms with van der Waals surface area (Å²) >= 11 is 0. The first-order valence-corrected chi connectivity index (χ1v) is 8.30. The number of aromatic nitrogens is 2. The Balaban J connectivity index is 2.03. The zero-order chi connectivity index (χ0) is 16.8. The Morgan fingerprint density at radius 3 is 2.62 bits per heavy atom. The number of pyridine rings is 1. The minimum Gasteiger partial charge on any atom is -0.372 e. The van der Waals surface area contributed by atoms with Crippen LogP contribution in [-0.4, -0.2) is 34.7 Å². The van der Waals surface area contributed by atoms with Gasteiger partial charge in [-0.05, 0) is 44.5 Å². The molecule has 0 bridgehead atoms. The van der Waals surface area contributed by atoms with Gasteiger partial charge in [0.25, 0.3) is 0 Å². The number of para-hydroxylation sites is 2. The molecule has 0 N–H and O–H groups in total. The number of nitriles is 1. The summed E-state index contributed by atoms with van der Waals surface area (Å²) in [6, 6.07) is 12.5. The summed E-state index contributed by atoms with van der Waals surface area (Å²) in [5, 5.41) is 9.59. The average molecular weight is 320 g/mol.